The molecule has 2 rings (SSSR count). The maximum Gasteiger partial charge on any atom is 0.141 e. The van der Waals surface area contributed by atoms with Crippen molar-refractivity contribution in [2.45, 2.75) is 45.2 Å². The molecule has 2 aliphatic rings. The summed E-state index contributed by atoms with van der Waals surface area (Å²) >= 11 is 0. The Balaban J connectivity index is 2.12. The minimum absolute atomic E-state index is 0.149. The summed E-state index contributed by atoms with van der Waals surface area (Å²) in [6.45, 7) is 11.7. The molecule has 0 amide bonds. The van der Waals surface area contributed by atoms with Gasteiger partial charge in [-0.25, -0.2) is 0 Å². The summed E-state index contributed by atoms with van der Waals surface area (Å²) in [7, 11) is 0. The molecule has 0 unspecified atom stereocenters. The van der Waals surface area contributed by atoms with Crippen LogP contribution in [0.25, 0.3) is 0 Å². The van der Waals surface area contributed by atoms with Gasteiger partial charge in [0.15, 0.2) is 0 Å². The molecule has 1 atom stereocenters. The van der Waals surface area contributed by atoms with Gasteiger partial charge in [-0.1, -0.05) is 0 Å². The van der Waals surface area contributed by atoms with E-state index >= 15 is 0 Å². The molecule has 5 nitrogen and oxygen atoms in total. The Hall–Kier alpha value is -0.490. The first kappa shape index (κ1) is 14.9. The molecule has 0 aromatic rings. The van der Waals surface area contributed by atoms with Gasteiger partial charge in [0.25, 0.3) is 0 Å². The number of hydrogen-bond donors (Lipinski definition) is 1. The standard InChI is InChI=1S/C14H26N2O3/c1-13(2)9-12(17)11(14(3,4)16(13)18)10-15-5-7-19-8-6-15/h11,18H,5-10H2,1-4H3/t11-/m0/s1. The summed E-state index contributed by atoms with van der Waals surface area (Å²) in [5.41, 5.74) is -1.01. The number of ketones is 1. The molecule has 0 bridgehead atoms. The average molecular weight is 270 g/mol. The normalized spacial score (nSPS) is 32.5. The second-order valence-corrected chi connectivity index (χ2v) is 6.89. The molecule has 0 aromatic heterocycles. The van der Waals surface area contributed by atoms with E-state index in [1.54, 1.807) is 0 Å². The molecule has 2 heterocycles. The van der Waals surface area contributed by atoms with Crippen molar-refractivity contribution in [1.29, 1.82) is 0 Å². The molecule has 2 aliphatic heterocycles. The van der Waals surface area contributed by atoms with Gasteiger partial charge in [0, 0.05) is 31.6 Å². The minimum Gasteiger partial charge on any atom is -0.379 e. The fourth-order valence-corrected chi connectivity index (χ4v) is 3.31. The van der Waals surface area contributed by atoms with E-state index in [0.717, 1.165) is 26.3 Å². The van der Waals surface area contributed by atoms with E-state index in [2.05, 4.69) is 4.90 Å². The van der Waals surface area contributed by atoms with Crippen molar-refractivity contribution in [1.82, 2.24) is 9.96 Å². The lowest BCUT2D eigenvalue weighted by Crippen LogP contribution is -2.66. The molecule has 110 valence electrons. The first-order valence-corrected chi connectivity index (χ1v) is 7.07. The van der Waals surface area contributed by atoms with E-state index in [9.17, 15) is 10.0 Å². The van der Waals surface area contributed by atoms with Crippen LogP contribution >= 0.6 is 0 Å². The third-order valence-corrected chi connectivity index (χ3v) is 4.51. The van der Waals surface area contributed by atoms with E-state index in [-0.39, 0.29) is 11.7 Å². The van der Waals surface area contributed by atoms with Crippen LogP contribution in [-0.2, 0) is 9.53 Å². The van der Waals surface area contributed by atoms with Crippen molar-refractivity contribution < 1.29 is 14.7 Å². The maximum atomic E-state index is 12.4. The van der Waals surface area contributed by atoms with Crippen molar-refractivity contribution in [2.24, 2.45) is 5.92 Å². The first-order chi connectivity index (χ1) is 8.75. The molecule has 5 heteroatoms. The van der Waals surface area contributed by atoms with Gasteiger partial charge in [-0.3, -0.25) is 9.69 Å². The molecule has 1 N–H and O–H groups in total. The quantitative estimate of drug-likeness (QED) is 0.816. The Morgan fingerprint density at radius 3 is 2.42 bits per heavy atom. The summed E-state index contributed by atoms with van der Waals surface area (Å²) in [4.78, 5) is 14.7. The SMILES string of the molecule is CC1(C)CC(=O)[C@H](CN2CCOCC2)C(C)(C)N1O. The van der Waals surface area contributed by atoms with Crippen LogP contribution in [0.1, 0.15) is 34.1 Å². The van der Waals surface area contributed by atoms with Gasteiger partial charge in [0.05, 0.1) is 24.7 Å². The zero-order valence-electron chi connectivity index (χ0n) is 12.5. The summed E-state index contributed by atoms with van der Waals surface area (Å²) in [5, 5.41) is 11.8. The number of piperidine rings is 1. The zero-order chi connectivity index (χ0) is 14.3. The monoisotopic (exact) mass is 270 g/mol. The van der Waals surface area contributed by atoms with Crippen LogP contribution in [0, 0.1) is 5.92 Å². The van der Waals surface area contributed by atoms with Gasteiger partial charge in [-0.15, -0.1) is 0 Å². The number of nitrogens with zero attached hydrogens (tertiary/aromatic N) is 2. The lowest BCUT2D eigenvalue weighted by atomic mass is 9.73. The highest BCUT2D eigenvalue weighted by Gasteiger charge is 2.51. The van der Waals surface area contributed by atoms with Crippen LogP contribution in [0.5, 0.6) is 0 Å². The predicted octanol–water partition coefficient (Wildman–Crippen LogP) is 1.16. The maximum absolute atomic E-state index is 12.4. The van der Waals surface area contributed by atoms with Gasteiger partial charge in [0.2, 0.25) is 0 Å². The summed E-state index contributed by atoms with van der Waals surface area (Å²) in [6.07, 6.45) is 0.405. The van der Waals surface area contributed by atoms with Crippen LogP contribution in [0.4, 0.5) is 0 Å². The van der Waals surface area contributed by atoms with Crippen molar-refractivity contribution in [3.05, 3.63) is 0 Å². The highest BCUT2D eigenvalue weighted by Crippen LogP contribution is 2.39. The molecule has 0 aliphatic carbocycles. The number of ether oxygens (including phenoxy) is 1. The van der Waals surface area contributed by atoms with Gasteiger partial charge in [0.1, 0.15) is 5.78 Å². The van der Waals surface area contributed by atoms with Gasteiger partial charge in [-0.05, 0) is 27.7 Å². The van der Waals surface area contributed by atoms with Gasteiger partial charge < -0.3 is 9.94 Å². The minimum atomic E-state index is -0.531. The zero-order valence-corrected chi connectivity index (χ0v) is 12.5. The second-order valence-electron chi connectivity index (χ2n) is 6.89. The number of carbonyl (C=O) groups is 1. The molecule has 0 radical (unpaired) electrons. The molecule has 2 saturated heterocycles. The van der Waals surface area contributed by atoms with E-state index in [0.29, 0.717) is 13.0 Å². The highest BCUT2D eigenvalue weighted by molar-refractivity contribution is 5.84. The Kier molecular flexibility index (Phi) is 4.02. The average Bonchev–Trinajstić information content (AvgIpc) is 2.34. The second kappa shape index (κ2) is 5.13. The first-order valence-electron chi connectivity index (χ1n) is 7.07. The Labute approximate surface area is 115 Å². The number of hydrogen-bond acceptors (Lipinski definition) is 5. The van der Waals surface area contributed by atoms with E-state index in [4.69, 9.17) is 4.74 Å². The summed E-state index contributed by atoms with van der Waals surface area (Å²) in [5.74, 6) is 0.107. The van der Waals surface area contributed by atoms with Gasteiger partial charge in [-0.2, -0.15) is 5.06 Å². The Morgan fingerprint density at radius 1 is 1.26 bits per heavy atom. The molecule has 2 fully saturated rings. The van der Waals surface area contributed by atoms with E-state index < -0.39 is 11.1 Å². The molecular formula is C14H26N2O3. The summed E-state index contributed by atoms with van der Waals surface area (Å²) in [6, 6.07) is 0. The van der Waals surface area contributed by atoms with Crippen LogP contribution in [0.15, 0.2) is 0 Å². The number of hydroxylamine groups is 2. The lowest BCUT2D eigenvalue weighted by Gasteiger charge is -2.52. The third-order valence-electron chi connectivity index (χ3n) is 4.51. The number of Topliss-reactive ketones (excluding diaryl/α,β-unsaturated/α-hetero) is 1. The molecular weight excluding hydrogens is 244 g/mol. The number of carbonyl (C=O) groups excluding carboxylic acids is 1. The fraction of sp³-hybridized carbons (Fsp3) is 0.929. The smallest absolute Gasteiger partial charge is 0.141 e. The summed E-state index contributed by atoms with van der Waals surface area (Å²) < 4.78 is 5.34. The number of morpholine rings is 1. The highest BCUT2D eigenvalue weighted by atomic mass is 16.5. The number of rotatable bonds is 2. The van der Waals surface area contributed by atoms with Crippen LogP contribution < -0.4 is 0 Å². The fourth-order valence-electron chi connectivity index (χ4n) is 3.31. The topological polar surface area (TPSA) is 53.0 Å². The van der Waals surface area contributed by atoms with Crippen molar-refractivity contribution >= 4 is 5.78 Å². The Bertz CT molecular complexity index is 349. The van der Waals surface area contributed by atoms with Crippen LogP contribution in [-0.4, -0.2) is 64.9 Å². The van der Waals surface area contributed by atoms with Crippen LogP contribution in [0.3, 0.4) is 0 Å². The van der Waals surface area contributed by atoms with E-state index in [1.165, 1.54) is 5.06 Å². The van der Waals surface area contributed by atoms with Crippen molar-refractivity contribution in [2.75, 3.05) is 32.8 Å². The lowest BCUT2D eigenvalue weighted by molar-refractivity contribution is -0.252. The van der Waals surface area contributed by atoms with Crippen molar-refractivity contribution in [3.8, 4) is 0 Å². The Morgan fingerprint density at radius 2 is 1.84 bits per heavy atom. The largest absolute Gasteiger partial charge is 0.379 e. The van der Waals surface area contributed by atoms with Gasteiger partial charge >= 0.3 is 0 Å². The molecule has 0 saturated carbocycles. The third kappa shape index (κ3) is 2.84. The van der Waals surface area contributed by atoms with E-state index in [1.807, 2.05) is 27.7 Å². The van der Waals surface area contributed by atoms with Crippen molar-refractivity contribution in [3.63, 3.8) is 0 Å². The van der Waals surface area contributed by atoms with Crippen LogP contribution in [0.2, 0.25) is 0 Å². The molecule has 0 aromatic carbocycles. The molecule has 0 spiro atoms. The predicted molar refractivity (Wildman–Crippen MR) is 72.2 cm³/mol. The molecule has 19 heavy (non-hydrogen) atoms.